The van der Waals surface area contributed by atoms with Crippen molar-refractivity contribution in [3.05, 3.63) is 100 Å². The minimum absolute atomic E-state index is 0.00118. The number of fused-ring (bicyclic) bond motifs is 3. The number of nitrogens with zero attached hydrogens (tertiary/aromatic N) is 3. The van der Waals surface area contributed by atoms with Gasteiger partial charge in [0.15, 0.2) is 9.84 Å². The van der Waals surface area contributed by atoms with E-state index in [-0.39, 0.29) is 68.3 Å². The van der Waals surface area contributed by atoms with Gasteiger partial charge in [-0.25, -0.2) is 17.2 Å². The molecule has 0 bridgehead atoms. The number of hydrogen-bond donors (Lipinski definition) is 0. The molecule has 2 fully saturated rings. The van der Waals surface area contributed by atoms with E-state index >= 15 is 4.39 Å². The molecule has 50 heavy (non-hydrogen) atoms. The molecular weight excluding hydrogens is 698 g/mol. The summed E-state index contributed by atoms with van der Waals surface area (Å²) in [4.78, 5) is 29.3. The van der Waals surface area contributed by atoms with Crippen molar-refractivity contribution in [2.75, 3.05) is 6.54 Å². The molecule has 0 N–H and O–H groups in total. The highest BCUT2D eigenvalue weighted by atomic mass is 32.2. The molecule has 0 saturated carbocycles. The number of benzene rings is 3. The first kappa shape index (κ1) is 35.3. The fraction of sp³-hybridized carbons (Fsp3) is 0.382. The first-order valence-corrected chi connectivity index (χ1v) is 16.9. The van der Waals surface area contributed by atoms with E-state index in [0.29, 0.717) is 17.2 Å². The average Bonchev–Trinajstić information content (AvgIpc) is 3.64. The van der Waals surface area contributed by atoms with Crippen LogP contribution in [0.5, 0.6) is 0 Å². The third-order valence-electron chi connectivity index (χ3n) is 9.98. The van der Waals surface area contributed by atoms with Gasteiger partial charge in [-0.05, 0) is 72.7 Å². The zero-order valence-corrected chi connectivity index (χ0v) is 26.7. The predicted molar refractivity (Wildman–Crippen MR) is 160 cm³/mol. The molecule has 7 nitrogen and oxygen atoms in total. The molecule has 0 spiro atoms. The molecule has 1 aliphatic carbocycles. The predicted octanol–water partition coefficient (Wildman–Crippen LogP) is 6.39. The van der Waals surface area contributed by atoms with Crippen LogP contribution >= 0.6 is 0 Å². The average molecular weight is 726 g/mol. The Morgan fingerprint density at radius 3 is 2.22 bits per heavy atom. The normalized spacial score (nSPS) is 22.7. The van der Waals surface area contributed by atoms with Crippen LogP contribution in [-0.4, -0.2) is 61.0 Å². The lowest BCUT2D eigenvalue weighted by atomic mass is 9.76. The van der Waals surface area contributed by atoms with Crippen LogP contribution in [0.2, 0.25) is 0 Å². The highest BCUT2D eigenvalue weighted by Gasteiger charge is 2.74. The maximum atomic E-state index is 15.1. The van der Waals surface area contributed by atoms with E-state index in [4.69, 9.17) is 5.26 Å². The highest BCUT2D eigenvalue weighted by Crippen LogP contribution is 2.57. The molecule has 2 aliphatic heterocycles. The van der Waals surface area contributed by atoms with Gasteiger partial charge in [-0.1, -0.05) is 36.4 Å². The van der Waals surface area contributed by atoms with Crippen LogP contribution in [0, 0.1) is 17.1 Å². The first-order valence-electron chi connectivity index (χ1n) is 15.4. The number of sulfone groups is 1. The second-order valence-electron chi connectivity index (χ2n) is 12.6. The third kappa shape index (κ3) is 5.32. The number of halogens is 8. The van der Waals surface area contributed by atoms with Gasteiger partial charge < -0.3 is 9.80 Å². The van der Waals surface area contributed by atoms with Crippen molar-refractivity contribution in [1.29, 1.82) is 5.26 Å². The van der Waals surface area contributed by atoms with E-state index in [2.05, 4.69) is 0 Å². The molecule has 3 aliphatic rings. The van der Waals surface area contributed by atoms with Crippen molar-refractivity contribution in [2.45, 2.75) is 78.4 Å². The lowest BCUT2D eigenvalue weighted by molar-refractivity contribution is -0.348. The number of aryl methyl sites for hydroxylation is 1. The number of amides is 2. The van der Waals surface area contributed by atoms with Crippen LogP contribution in [0.4, 0.5) is 35.1 Å². The maximum Gasteiger partial charge on any atom is 0.435 e. The number of carbonyl (C=O) groups is 2. The number of carbonyl (C=O) groups excluding carboxylic acids is 2. The molecule has 16 heteroatoms. The molecule has 2 heterocycles. The summed E-state index contributed by atoms with van der Waals surface area (Å²) in [5, 5.41) is 9.09. The zero-order chi connectivity index (χ0) is 36.4. The smallest absolute Gasteiger partial charge is 0.336 e. The quantitative estimate of drug-likeness (QED) is 0.275. The number of nitriles is 1. The van der Waals surface area contributed by atoms with Crippen molar-refractivity contribution in [2.24, 2.45) is 0 Å². The topological polar surface area (TPSA) is 98.5 Å². The van der Waals surface area contributed by atoms with Crippen molar-refractivity contribution in [3.63, 3.8) is 0 Å². The molecule has 2 amide bonds. The van der Waals surface area contributed by atoms with E-state index in [1.165, 1.54) is 9.80 Å². The van der Waals surface area contributed by atoms with Gasteiger partial charge in [0, 0.05) is 25.1 Å². The van der Waals surface area contributed by atoms with Gasteiger partial charge >= 0.3 is 18.0 Å². The van der Waals surface area contributed by atoms with Crippen molar-refractivity contribution in [1.82, 2.24) is 9.80 Å². The molecule has 0 radical (unpaired) electrons. The van der Waals surface area contributed by atoms with Gasteiger partial charge in [-0.15, -0.1) is 0 Å². The molecule has 2 unspecified atom stereocenters. The van der Waals surface area contributed by atoms with Crippen molar-refractivity contribution < 1.29 is 53.1 Å². The molecule has 0 aromatic heterocycles. The lowest BCUT2D eigenvalue weighted by Gasteiger charge is -2.43. The molecule has 6 rings (SSSR count). The van der Waals surface area contributed by atoms with Crippen molar-refractivity contribution in [3.8, 4) is 6.07 Å². The zero-order valence-electron chi connectivity index (χ0n) is 25.9. The Kier molecular flexibility index (Phi) is 8.52. The number of rotatable bonds is 6. The van der Waals surface area contributed by atoms with E-state index in [0.717, 1.165) is 30.3 Å². The second-order valence-corrected chi connectivity index (χ2v) is 14.8. The summed E-state index contributed by atoms with van der Waals surface area (Å²) in [6.07, 6.45) is -13.7. The van der Waals surface area contributed by atoms with Gasteiger partial charge in [0.05, 0.1) is 22.6 Å². The molecular formula is C34H27F8N3O4S. The second kappa shape index (κ2) is 12.1. The summed E-state index contributed by atoms with van der Waals surface area (Å²) in [6.45, 7) is -0.228. The van der Waals surface area contributed by atoms with Crippen LogP contribution < -0.4 is 0 Å². The number of likely N-dealkylation sites (tertiary alicyclic amines) is 2. The summed E-state index contributed by atoms with van der Waals surface area (Å²) in [5.41, 5.74) is -7.05. The Morgan fingerprint density at radius 1 is 0.920 bits per heavy atom. The molecule has 264 valence electrons. The van der Waals surface area contributed by atoms with Crippen molar-refractivity contribution >= 4 is 21.7 Å². The highest BCUT2D eigenvalue weighted by molar-refractivity contribution is 7.92. The molecule has 3 atom stereocenters. The fourth-order valence-corrected chi connectivity index (χ4v) is 10.00. The summed E-state index contributed by atoms with van der Waals surface area (Å²) < 4.78 is 138. The van der Waals surface area contributed by atoms with Gasteiger partial charge in [0.1, 0.15) is 16.6 Å². The Labute approximate surface area is 281 Å². The molecule has 3 aromatic rings. The van der Waals surface area contributed by atoms with E-state index in [1.807, 2.05) is 6.07 Å². The molecule has 3 aromatic carbocycles. The summed E-state index contributed by atoms with van der Waals surface area (Å²) in [5.74, 6) is -1.89. The SMILES string of the molecule is N#Cc1ccc(CN2C(=O)CC[C@@H]2C(=O)N2CCC3(S(=O)(=O)c4cccc(F)c4)c4ccc(C(F)(C(F)(F)F)C(F)(F)F)cc4CCC23)cc1. The minimum atomic E-state index is -6.40. The van der Waals surface area contributed by atoms with Gasteiger partial charge in [0.25, 0.3) is 0 Å². The van der Waals surface area contributed by atoms with E-state index < -0.39 is 66.9 Å². The third-order valence-corrected chi connectivity index (χ3v) is 12.5. The summed E-state index contributed by atoms with van der Waals surface area (Å²) >= 11 is 0. The van der Waals surface area contributed by atoms with E-state index in [9.17, 15) is 48.7 Å². The first-order chi connectivity index (χ1) is 23.4. The Morgan fingerprint density at radius 2 is 1.60 bits per heavy atom. The largest absolute Gasteiger partial charge is 0.435 e. The van der Waals surface area contributed by atoms with Crippen LogP contribution in [0.3, 0.4) is 0 Å². The summed E-state index contributed by atoms with van der Waals surface area (Å²) in [7, 11) is -4.75. The fourth-order valence-electron chi connectivity index (χ4n) is 7.60. The van der Waals surface area contributed by atoms with Crippen LogP contribution in [0.1, 0.15) is 53.5 Å². The minimum Gasteiger partial charge on any atom is -0.336 e. The standard InChI is InChI=1S/C34H27F8N3O4S/c35-24-2-1-3-25(17-24)50(48,49)31-14-15-44(30(47)27-11-13-29(46)45(27)19-21-6-4-20(18-43)5-7-21)28(31)12-8-22-16-23(9-10-26(22)31)32(36,33(37,38)39)34(40,41)42/h1-7,9-10,16-17,27-28H,8,11-15,19H2/t27-,28?,31?/m1/s1. The Bertz CT molecular complexity index is 2000. The lowest BCUT2D eigenvalue weighted by Crippen LogP contribution is -2.55. The Balaban J connectivity index is 1.44. The number of alkyl halides is 7. The molecule has 2 saturated heterocycles. The summed E-state index contributed by atoms with van der Waals surface area (Å²) in [6, 6.07) is 11.3. The van der Waals surface area contributed by atoms with E-state index in [1.54, 1.807) is 24.3 Å². The monoisotopic (exact) mass is 725 g/mol. The van der Waals surface area contributed by atoms with Gasteiger partial charge in [-0.3, -0.25) is 9.59 Å². The number of hydrogen-bond acceptors (Lipinski definition) is 5. The van der Waals surface area contributed by atoms with Crippen LogP contribution in [0.15, 0.2) is 71.6 Å². The van der Waals surface area contributed by atoms with Gasteiger partial charge in [0.2, 0.25) is 11.8 Å². The van der Waals surface area contributed by atoms with Crippen LogP contribution in [-0.2, 0) is 42.8 Å². The Hall–Kier alpha value is -4.52. The van der Waals surface area contributed by atoms with Crippen LogP contribution in [0.25, 0.3) is 0 Å². The maximum absolute atomic E-state index is 15.1. The van der Waals surface area contributed by atoms with Gasteiger partial charge in [-0.2, -0.15) is 31.6 Å².